The Bertz CT molecular complexity index is 1320. The van der Waals surface area contributed by atoms with Crippen LogP contribution in [0.1, 0.15) is 39.9 Å². The van der Waals surface area contributed by atoms with E-state index >= 15 is 0 Å². The molecule has 0 bridgehead atoms. The van der Waals surface area contributed by atoms with Gasteiger partial charge in [-0.3, -0.25) is 19.3 Å². The molecule has 0 aromatic heterocycles. The van der Waals surface area contributed by atoms with Crippen LogP contribution in [0.4, 0.5) is 0 Å². The molecule has 2 aliphatic rings. The van der Waals surface area contributed by atoms with E-state index < -0.39 is 27.9 Å². The number of nitrogens with zero attached hydrogens (tertiary/aromatic N) is 3. The van der Waals surface area contributed by atoms with Crippen LogP contribution in [0, 0.1) is 0 Å². The zero-order chi connectivity index (χ0) is 28.2. The van der Waals surface area contributed by atoms with Gasteiger partial charge in [0.05, 0.1) is 19.9 Å². The van der Waals surface area contributed by atoms with Crippen molar-refractivity contribution in [2.45, 2.75) is 38.6 Å². The lowest BCUT2D eigenvalue weighted by molar-refractivity contribution is -0.141. The molecule has 1 unspecified atom stereocenters. The van der Waals surface area contributed by atoms with Gasteiger partial charge in [0.25, 0.3) is 5.91 Å². The zero-order valence-electron chi connectivity index (χ0n) is 22.2. The normalized spacial score (nSPS) is 17.1. The van der Waals surface area contributed by atoms with Crippen LogP contribution in [0.2, 0.25) is 0 Å². The second-order valence-electron chi connectivity index (χ2n) is 9.79. The third kappa shape index (κ3) is 6.94. The topological polar surface area (TPSA) is 140 Å². The van der Waals surface area contributed by atoms with E-state index in [9.17, 15) is 22.8 Å². The fourth-order valence-corrected chi connectivity index (χ4v) is 5.73. The Morgan fingerprint density at radius 3 is 2.31 bits per heavy atom. The second-order valence-corrected chi connectivity index (χ2v) is 11.8. The first-order valence-corrected chi connectivity index (χ1v) is 14.6. The lowest BCUT2D eigenvalue weighted by Crippen LogP contribution is -2.47. The van der Waals surface area contributed by atoms with Gasteiger partial charge >= 0.3 is 5.97 Å². The number of nitrogens with two attached hydrogens (primary N) is 1. The van der Waals surface area contributed by atoms with E-state index in [1.807, 2.05) is 24.3 Å². The highest BCUT2D eigenvalue weighted by atomic mass is 32.2. The molecule has 39 heavy (non-hydrogen) atoms. The van der Waals surface area contributed by atoms with Crippen molar-refractivity contribution in [1.82, 2.24) is 14.1 Å². The van der Waals surface area contributed by atoms with Gasteiger partial charge in [0.2, 0.25) is 15.9 Å². The maximum absolute atomic E-state index is 13.1. The summed E-state index contributed by atoms with van der Waals surface area (Å²) in [6.45, 7) is 3.55. The van der Waals surface area contributed by atoms with Gasteiger partial charge < -0.3 is 20.1 Å². The summed E-state index contributed by atoms with van der Waals surface area (Å²) in [5.41, 5.74) is 8.76. The average molecular weight is 559 g/mol. The highest BCUT2D eigenvalue weighted by molar-refractivity contribution is 7.88. The molecular weight excluding hydrogens is 524 g/mol. The summed E-state index contributed by atoms with van der Waals surface area (Å²) in [7, 11) is -1.88. The molecule has 2 aromatic carbocycles. The van der Waals surface area contributed by atoms with Crippen molar-refractivity contribution in [3.8, 4) is 5.75 Å². The molecule has 12 heteroatoms. The molecule has 0 spiro atoms. The fourth-order valence-electron chi connectivity index (χ4n) is 4.90. The molecule has 210 valence electrons. The number of ether oxygens (including phenoxy) is 2. The van der Waals surface area contributed by atoms with Gasteiger partial charge in [-0.15, -0.1) is 0 Å². The van der Waals surface area contributed by atoms with E-state index in [-0.39, 0.29) is 25.3 Å². The van der Waals surface area contributed by atoms with Crippen LogP contribution in [0.25, 0.3) is 0 Å². The number of sulfonamides is 1. The molecule has 0 aliphatic carbocycles. The molecule has 2 N–H and O–H groups in total. The smallest absolute Gasteiger partial charge is 0.305 e. The third-order valence-corrected chi connectivity index (χ3v) is 8.43. The Hall–Kier alpha value is -3.48. The lowest BCUT2D eigenvalue weighted by Gasteiger charge is -2.33. The molecule has 2 heterocycles. The number of rotatable bonds is 11. The molecule has 2 aliphatic heterocycles. The number of piperazine rings is 1. The number of esters is 1. The van der Waals surface area contributed by atoms with Crippen LogP contribution >= 0.6 is 0 Å². The summed E-state index contributed by atoms with van der Waals surface area (Å²) in [4.78, 5) is 40.3. The summed E-state index contributed by atoms with van der Waals surface area (Å²) < 4.78 is 35.6. The standard InChI is InChI=1S/C27H34N4O7S/c1-37-25(32)11-10-23(26(28)33)31-17-22-21(27(31)34)4-3-5-24(22)38-18-20-8-6-19(7-9-20)16-29-12-14-30(15-13-29)39(2,35)36/h3-9,23H,10-18H2,1-2H3,(H2,28,33). The second kappa shape index (κ2) is 12.1. The molecule has 2 amide bonds. The van der Waals surface area contributed by atoms with Crippen LogP contribution in [0.15, 0.2) is 42.5 Å². The van der Waals surface area contributed by atoms with Crippen molar-refractivity contribution >= 4 is 27.8 Å². The molecule has 1 fully saturated rings. The maximum atomic E-state index is 13.1. The molecule has 1 saturated heterocycles. The van der Waals surface area contributed by atoms with Crippen LogP contribution in [-0.2, 0) is 44.0 Å². The highest BCUT2D eigenvalue weighted by Gasteiger charge is 2.37. The summed E-state index contributed by atoms with van der Waals surface area (Å²) in [5, 5.41) is 0. The first-order valence-electron chi connectivity index (χ1n) is 12.7. The minimum Gasteiger partial charge on any atom is -0.489 e. The summed E-state index contributed by atoms with van der Waals surface area (Å²) >= 11 is 0. The minimum absolute atomic E-state index is 0.0273. The summed E-state index contributed by atoms with van der Waals surface area (Å²) in [5.74, 6) is -0.937. The van der Waals surface area contributed by atoms with Crippen molar-refractivity contribution in [2.75, 3.05) is 39.5 Å². The number of hydrogen-bond donors (Lipinski definition) is 1. The van der Waals surface area contributed by atoms with Crippen molar-refractivity contribution in [1.29, 1.82) is 0 Å². The quantitative estimate of drug-likeness (QED) is 0.405. The predicted octanol–water partition coefficient (Wildman–Crippen LogP) is 1.11. The monoisotopic (exact) mass is 558 g/mol. The molecule has 4 rings (SSSR count). The molecule has 2 aromatic rings. The van der Waals surface area contributed by atoms with Crippen LogP contribution in [-0.4, -0.2) is 85.9 Å². The SMILES string of the molecule is COC(=O)CCC(C(N)=O)N1Cc2c(OCc3ccc(CN4CCN(S(C)(=O)=O)CC4)cc3)cccc2C1=O. The molecule has 1 atom stereocenters. The van der Waals surface area contributed by atoms with Gasteiger partial charge in [-0.25, -0.2) is 8.42 Å². The van der Waals surface area contributed by atoms with E-state index in [4.69, 9.17) is 10.5 Å². The first kappa shape index (κ1) is 28.5. The fraction of sp³-hybridized carbons (Fsp3) is 0.444. The number of benzene rings is 2. The lowest BCUT2D eigenvalue weighted by atomic mass is 10.1. The van der Waals surface area contributed by atoms with Gasteiger partial charge in [0, 0.05) is 50.3 Å². The summed E-state index contributed by atoms with van der Waals surface area (Å²) in [6.07, 6.45) is 1.30. The predicted molar refractivity (Wildman–Crippen MR) is 143 cm³/mol. The van der Waals surface area contributed by atoms with E-state index in [0.717, 1.165) is 17.7 Å². The third-order valence-electron chi connectivity index (χ3n) is 7.13. The van der Waals surface area contributed by atoms with Gasteiger partial charge in [-0.1, -0.05) is 30.3 Å². The van der Waals surface area contributed by atoms with Gasteiger partial charge in [-0.2, -0.15) is 4.31 Å². The zero-order valence-corrected chi connectivity index (χ0v) is 23.0. The van der Waals surface area contributed by atoms with Crippen molar-refractivity contribution in [3.63, 3.8) is 0 Å². The van der Waals surface area contributed by atoms with Crippen molar-refractivity contribution < 1.29 is 32.3 Å². The van der Waals surface area contributed by atoms with Gasteiger partial charge in [-0.05, 0) is 29.7 Å². The maximum Gasteiger partial charge on any atom is 0.305 e. The van der Waals surface area contributed by atoms with Crippen LogP contribution < -0.4 is 10.5 Å². The number of fused-ring (bicyclic) bond motifs is 1. The van der Waals surface area contributed by atoms with E-state index in [2.05, 4.69) is 9.64 Å². The minimum atomic E-state index is -3.15. The first-order chi connectivity index (χ1) is 18.6. The van der Waals surface area contributed by atoms with E-state index in [0.29, 0.717) is 49.7 Å². The average Bonchev–Trinajstić information content (AvgIpc) is 3.24. The van der Waals surface area contributed by atoms with Crippen LogP contribution in [0.5, 0.6) is 5.75 Å². The van der Waals surface area contributed by atoms with Crippen LogP contribution in [0.3, 0.4) is 0 Å². The Morgan fingerprint density at radius 1 is 1.03 bits per heavy atom. The van der Waals surface area contributed by atoms with Gasteiger partial charge in [0.1, 0.15) is 18.4 Å². The number of amides is 2. The van der Waals surface area contributed by atoms with Crippen molar-refractivity contribution in [2.24, 2.45) is 5.73 Å². The Kier molecular flexibility index (Phi) is 8.88. The number of methoxy groups -OCH3 is 1. The molecule has 11 nitrogen and oxygen atoms in total. The Morgan fingerprint density at radius 2 is 1.69 bits per heavy atom. The summed E-state index contributed by atoms with van der Waals surface area (Å²) in [6, 6.07) is 12.3. The number of carbonyl (C=O) groups is 3. The Balaban J connectivity index is 1.35. The molecular formula is C27H34N4O7S. The largest absolute Gasteiger partial charge is 0.489 e. The number of hydrogen-bond acceptors (Lipinski definition) is 8. The number of primary amides is 1. The Labute approximate surface area is 228 Å². The van der Waals surface area contributed by atoms with E-state index in [1.54, 1.807) is 18.2 Å². The highest BCUT2D eigenvalue weighted by Crippen LogP contribution is 2.33. The van der Waals surface area contributed by atoms with E-state index in [1.165, 1.54) is 22.6 Å². The molecule has 0 saturated carbocycles. The molecule has 0 radical (unpaired) electrons. The van der Waals surface area contributed by atoms with Gasteiger partial charge in [0.15, 0.2) is 0 Å². The number of carbonyl (C=O) groups excluding carboxylic acids is 3. The van der Waals surface area contributed by atoms with Crippen molar-refractivity contribution in [3.05, 3.63) is 64.7 Å².